The van der Waals surface area contributed by atoms with Crippen LogP contribution < -0.4 is 0 Å². The van der Waals surface area contributed by atoms with Crippen LogP contribution in [0.1, 0.15) is 6.42 Å². The van der Waals surface area contributed by atoms with E-state index in [4.69, 9.17) is 14.6 Å². The topological polar surface area (TPSA) is 79.2 Å². The minimum atomic E-state index is -1.27. The molecule has 78 valence electrons. The van der Waals surface area contributed by atoms with Crippen LogP contribution in [0.25, 0.3) is 0 Å². The molecular weight excluding hydrogens is 176 g/mol. The quantitative estimate of drug-likeness (QED) is 0.505. The molecule has 1 aliphatic rings. The van der Waals surface area contributed by atoms with Crippen LogP contribution in [-0.4, -0.2) is 60.1 Å². The largest absolute Gasteiger partial charge is 0.394 e. The van der Waals surface area contributed by atoms with Crippen molar-refractivity contribution in [1.82, 2.24) is 0 Å². The highest BCUT2D eigenvalue weighted by Gasteiger charge is 2.47. The Labute approximate surface area is 76.9 Å². The molecule has 0 aromatic carbocycles. The first-order valence-electron chi connectivity index (χ1n) is 4.26. The number of rotatable bonds is 4. The number of ether oxygens (including phenoxy) is 2. The summed E-state index contributed by atoms with van der Waals surface area (Å²) in [6.45, 7) is 0.119. The Balaban J connectivity index is 2.49. The van der Waals surface area contributed by atoms with E-state index >= 15 is 0 Å². The predicted molar refractivity (Wildman–Crippen MR) is 44.3 cm³/mol. The van der Waals surface area contributed by atoms with E-state index in [1.54, 1.807) is 0 Å². The highest BCUT2D eigenvalue weighted by atomic mass is 16.5. The lowest BCUT2D eigenvalue weighted by atomic mass is 9.93. The maximum atomic E-state index is 9.83. The Hall–Kier alpha value is -0.200. The zero-order chi connectivity index (χ0) is 9.90. The fraction of sp³-hybridized carbons (Fsp3) is 1.00. The molecule has 0 unspecified atom stereocenters. The molecule has 0 aliphatic carbocycles. The molecule has 0 aromatic rings. The molecule has 0 spiro atoms. The highest BCUT2D eigenvalue weighted by molar-refractivity contribution is 4.96. The molecule has 1 rings (SSSR count). The van der Waals surface area contributed by atoms with Crippen LogP contribution in [-0.2, 0) is 9.47 Å². The summed E-state index contributed by atoms with van der Waals surface area (Å²) in [5.74, 6) is 0. The second-order valence-electron chi connectivity index (χ2n) is 3.32. The summed E-state index contributed by atoms with van der Waals surface area (Å²) in [5.41, 5.74) is -1.27. The van der Waals surface area contributed by atoms with Crippen LogP contribution in [0, 0.1) is 0 Å². The fourth-order valence-corrected chi connectivity index (χ4v) is 1.43. The number of methoxy groups -OCH3 is 1. The molecule has 1 heterocycles. The van der Waals surface area contributed by atoms with E-state index in [1.807, 2.05) is 0 Å². The van der Waals surface area contributed by atoms with Crippen molar-refractivity contribution < 1.29 is 24.8 Å². The van der Waals surface area contributed by atoms with Gasteiger partial charge in [0.1, 0.15) is 17.8 Å². The molecule has 0 bridgehead atoms. The molecule has 1 saturated heterocycles. The average molecular weight is 192 g/mol. The summed E-state index contributed by atoms with van der Waals surface area (Å²) < 4.78 is 9.82. The number of hydrogen-bond acceptors (Lipinski definition) is 5. The van der Waals surface area contributed by atoms with Crippen LogP contribution in [0.2, 0.25) is 0 Å². The summed E-state index contributed by atoms with van der Waals surface area (Å²) in [7, 11) is 1.52. The monoisotopic (exact) mass is 192 g/mol. The van der Waals surface area contributed by atoms with Gasteiger partial charge in [0.2, 0.25) is 0 Å². The van der Waals surface area contributed by atoms with Crippen molar-refractivity contribution in [1.29, 1.82) is 0 Å². The van der Waals surface area contributed by atoms with E-state index in [-0.39, 0.29) is 13.2 Å². The molecule has 5 heteroatoms. The van der Waals surface area contributed by atoms with Gasteiger partial charge in [-0.3, -0.25) is 0 Å². The molecule has 0 radical (unpaired) electrons. The Morgan fingerprint density at radius 3 is 2.77 bits per heavy atom. The summed E-state index contributed by atoms with van der Waals surface area (Å²) in [5, 5.41) is 28.1. The maximum absolute atomic E-state index is 9.83. The van der Waals surface area contributed by atoms with Crippen molar-refractivity contribution in [2.75, 3.05) is 26.9 Å². The number of aliphatic hydroxyl groups is 3. The Bertz CT molecular complexity index is 163. The standard InChI is InChI=1S/C8H16O5/c1-12-3-2-8(11)5-13-6(4-9)7(8)10/h6-7,9-11H,2-5H2,1H3/t6-,7-,8+/m1/s1. The van der Waals surface area contributed by atoms with Gasteiger partial charge in [-0.2, -0.15) is 0 Å². The molecule has 5 nitrogen and oxygen atoms in total. The second-order valence-corrected chi connectivity index (χ2v) is 3.32. The first-order valence-corrected chi connectivity index (χ1v) is 4.26. The molecule has 3 N–H and O–H groups in total. The van der Waals surface area contributed by atoms with Crippen molar-refractivity contribution >= 4 is 0 Å². The number of aliphatic hydroxyl groups excluding tert-OH is 2. The molecule has 1 aliphatic heterocycles. The van der Waals surface area contributed by atoms with Crippen LogP contribution in [0.15, 0.2) is 0 Å². The summed E-state index contributed by atoms with van der Waals surface area (Å²) in [6.07, 6.45) is -1.41. The lowest BCUT2D eigenvalue weighted by Crippen LogP contribution is -2.45. The first kappa shape index (κ1) is 10.9. The van der Waals surface area contributed by atoms with E-state index in [0.29, 0.717) is 13.0 Å². The van der Waals surface area contributed by atoms with Gasteiger partial charge in [-0.15, -0.1) is 0 Å². The van der Waals surface area contributed by atoms with Crippen molar-refractivity contribution in [3.8, 4) is 0 Å². The van der Waals surface area contributed by atoms with Crippen molar-refractivity contribution in [3.05, 3.63) is 0 Å². The minimum Gasteiger partial charge on any atom is -0.394 e. The van der Waals surface area contributed by atoms with E-state index in [1.165, 1.54) is 7.11 Å². The van der Waals surface area contributed by atoms with Gasteiger partial charge in [0.25, 0.3) is 0 Å². The summed E-state index contributed by atoms with van der Waals surface area (Å²) >= 11 is 0. The van der Waals surface area contributed by atoms with Crippen LogP contribution in [0.3, 0.4) is 0 Å². The van der Waals surface area contributed by atoms with Gasteiger partial charge in [0, 0.05) is 20.1 Å². The fourth-order valence-electron chi connectivity index (χ4n) is 1.43. The third-order valence-electron chi connectivity index (χ3n) is 2.37. The lowest BCUT2D eigenvalue weighted by Gasteiger charge is -2.25. The Morgan fingerprint density at radius 2 is 2.31 bits per heavy atom. The third-order valence-corrected chi connectivity index (χ3v) is 2.37. The minimum absolute atomic E-state index is 0.0444. The molecule has 0 aromatic heterocycles. The predicted octanol–water partition coefficient (Wildman–Crippen LogP) is -1.49. The smallest absolute Gasteiger partial charge is 0.119 e. The molecule has 0 saturated carbocycles. The van der Waals surface area contributed by atoms with E-state index < -0.39 is 17.8 Å². The first-order chi connectivity index (χ1) is 6.14. The Morgan fingerprint density at radius 1 is 1.62 bits per heavy atom. The van der Waals surface area contributed by atoms with Crippen LogP contribution >= 0.6 is 0 Å². The second kappa shape index (κ2) is 4.34. The van der Waals surface area contributed by atoms with Crippen molar-refractivity contribution in [2.45, 2.75) is 24.2 Å². The Kier molecular flexibility index (Phi) is 3.63. The highest BCUT2D eigenvalue weighted by Crippen LogP contribution is 2.27. The molecule has 3 atom stereocenters. The van der Waals surface area contributed by atoms with E-state index in [2.05, 4.69) is 0 Å². The molecular formula is C8H16O5. The zero-order valence-corrected chi connectivity index (χ0v) is 7.64. The summed E-state index contributed by atoms with van der Waals surface area (Å²) in [4.78, 5) is 0. The van der Waals surface area contributed by atoms with Gasteiger partial charge in [0.05, 0.1) is 13.2 Å². The lowest BCUT2D eigenvalue weighted by molar-refractivity contribution is -0.0694. The molecule has 0 amide bonds. The van der Waals surface area contributed by atoms with Gasteiger partial charge < -0.3 is 24.8 Å². The van der Waals surface area contributed by atoms with Gasteiger partial charge in [-0.05, 0) is 0 Å². The normalized spacial score (nSPS) is 39.7. The van der Waals surface area contributed by atoms with Gasteiger partial charge in [-0.25, -0.2) is 0 Å². The maximum Gasteiger partial charge on any atom is 0.119 e. The zero-order valence-electron chi connectivity index (χ0n) is 7.64. The van der Waals surface area contributed by atoms with E-state index in [0.717, 1.165) is 0 Å². The number of hydrogen-bond donors (Lipinski definition) is 3. The van der Waals surface area contributed by atoms with Crippen molar-refractivity contribution in [2.24, 2.45) is 0 Å². The van der Waals surface area contributed by atoms with Crippen LogP contribution in [0.5, 0.6) is 0 Å². The molecule has 1 fully saturated rings. The SMILES string of the molecule is COCC[C@]1(O)CO[C@H](CO)[C@H]1O. The average Bonchev–Trinajstić information content (AvgIpc) is 2.41. The third kappa shape index (κ3) is 2.18. The molecule has 13 heavy (non-hydrogen) atoms. The van der Waals surface area contributed by atoms with Crippen LogP contribution in [0.4, 0.5) is 0 Å². The summed E-state index contributed by atoms with van der Waals surface area (Å²) in [6, 6.07) is 0. The van der Waals surface area contributed by atoms with Gasteiger partial charge in [-0.1, -0.05) is 0 Å². The van der Waals surface area contributed by atoms with Gasteiger partial charge >= 0.3 is 0 Å². The van der Waals surface area contributed by atoms with Gasteiger partial charge in [0.15, 0.2) is 0 Å². The van der Waals surface area contributed by atoms with E-state index in [9.17, 15) is 10.2 Å². The van der Waals surface area contributed by atoms with Crippen molar-refractivity contribution in [3.63, 3.8) is 0 Å².